The molecule has 3 nitrogen and oxygen atoms in total. The standard InChI is InChI=1S/C13H12BFO3/c15-12-7-3-10(4-8-12)13(16)9-1-5-11(6-2-9)14(17)18/h1-8,13,16-18H/t13-/m1/s1. The molecule has 3 N–H and O–H groups in total. The Morgan fingerprint density at radius 2 is 1.28 bits per heavy atom. The van der Waals surface area contributed by atoms with Gasteiger partial charge in [-0.3, -0.25) is 0 Å². The van der Waals surface area contributed by atoms with Crippen molar-refractivity contribution in [3.8, 4) is 0 Å². The van der Waals surface area contributed by atoms with E-state index in [1.54, 1.807) is 12.1 Å². The zero-order valence-corrected chi connectivity index (χ0v) is 9.49. The zero-order chi connectivity index (χ0) is 13.1. The molecule has 0 unspecified atom stereocenters. The fourth-order valence-electron chi connectivity index (χ4n) is 1.69. The molecule has 0 aromatic heterocycles. The molecular weight excluding hydrogens is 234 g/mol. The van der Waals surface area contributed by atoms with Crippen LogP contribution in [0, 0.1) is 5.82 Å². The van der Waals surface area contributed by atoms with Crippen molar-refractivity contribution >= 4 is 12.6 Å². The molecule has 0 saturated carbocycles. The molecule has 2 aromatic rings. The van der Waals surface area contributed by atoms with E-state index >= 15 is 0 Å². The lowest BCUT2D eigenvalue weighted by Gasteiger charge is -2.12. The molecule has 2 rings (SSSR count). The van der Waals surface area contributed by atoms with Crippen LogP contribution in [0.4, 0.5) is 4.39 Å². The van der Waals surface area contributed by atoms with Crippen molar-refractivity contribution in [2.75, 3.05) is 0 Å². The van der Waals surface area contributed by atoms with Gasteiger partial charge >= 0.3 is 7.12 Å². The normalized spacial score (nSPS) is 12.2. The molecule has 5 heteroatoms. The Morgan fingerprint density at radius 1 is 0.833 bits per heavy atom. The molecule has 0 aliphatic heterocycles. The number of benzene rings is 2. The lowest BCUT2D eigenvalue weighted by molar-refractivity contribution is 0.220. The molecule has 18 heavy (non-hydrogen) atoms. The maximum Gasteiger partial charge on any atom is 0.488 e. The monoisotopic (exact) mass is 246 g/mol. The van der Waals surface area contributed by atoms with Gasteiger partial charge in [-0.05, 0) is 28.7 Å². The zero-order valence-electron chi connectivity index (χ0n) is 9.49. The third-order valence-corrected chi connectivity index (χ3v) is 2.74. The van der Waals surface area contributed by atoms with Crippen LogP contribution >= 0.6 is 0 Å². The number of aliphatic hydroxyl groups is 1. The second kappa shape index (κ2) is 5.31. The van der Waals surface area contributed by atoms with Gasteiger partial charge in [0.05, 0.1) is 0 Å². The number of aliphatic hydroxyl groups excluding tert-OH is 1. The second-order valence-electron chi connectivity index (χ2n) is 3.99. The van der Waals surface area contributed by atoms with Crippen molar-refractivity contribution in [3.05, 3.63) is 65.5 Å². The number of hydrogen-bond acceptors (Lipinski definition) is 3. The summed E-state index contributed by atoms with van der Waals surface area (Å²) in [5, 5.41) is 28.0. The summed E-state index contributed by atoms with van der Waals surface area (Å²) in [5.41, 5.74) is 1.53. The summed E-state index contributed by atoms with van der Waals surface area (Å²) in [6.45, 7) is 0. The van der Waals surface area contributed by atoms with Gasteiger partial charge in [0.2, 0.25) is 0 Å². The van der Waals surface area contributed by atoms with Crippen LogP contribution in [0.25, 0.3) is 0 Å². The van der Waals surface area contributed by atoms with Crippen LogP contribution < -0.4 is 5.46 Å². The Kier molecular flexibility index (Phi) is 3.76. The second-order valence-corrected chi connectivity index (χ2v) is 3.99. The van der Waals surface area contributed by atoms with E-state index in [2.05, 4.69) is 0 Å². The average molecular weight is 246 g/mol. The predicted octanol–water partition coefficient (Wildman–Crippen LogP) is 0.587. The van der Waals surface area contributed by atoms with Crippen molar-refractivity contribution in [2.24, 2.45) is 0 Å². The molecule has 0 heterocycles. The molecule has 1 atom stereocenters. The van der Waals surface area contributed by atoms with Crippen LogP contribution in [-0.2, 0) is 0 Å². The highest BCUT2D eigenvalue weighted by Crippen LogP contribution is 2.21. The van der Waals surface area contributed by atoms with E-state index in [0.717, 1.165) is 0 Å². The number of hydrogen-bond donors (Lipinski definition) is 3. The smallest absolute Gasteiger partial charge is 0.423 e. The van der Waals surface area contributed by atoms with Crippen LogP contribution in [0.2, 0.25) is 0 Å². The Hall–Kier alpha value is -1.69. The number of rotatable bonds is 3. The van der Waals surface area contributed by atoms with Crippen molar-refractivity contribution in [1.29, 1.82) is 0 Å². The first-order chi connectivity index (χ1) is 8.58. The van der Waals surface area contributed by atoms with E-state index < -0.39 is 13.2 Å². The molecule has 0 fully saturated rings. The Bertz CT molecular complexity index is 511. The first-order valence-electron chi connectivity index (χ1n) is 5.47. The fraction of sp³-hybridized carbons (Fsp3) is 0.0769. The van der Waals surface area contributed by atoms with Gasteiger partial charge in [-0.15, -0.1) is 0 Å². The third-order valence-electron chi connectivity index (χ3n) is 2.74. The number of halogens is 1. The highest BCUT2D eigenvalue weighted by molar-refractivity contribution is 6.58. The maximum absolute atomic E-state index is 12.8. The van der Waals surface area contributed by atoms with Crippen molar-refractivity contribution in [3.63, 3.8) is 0 Å². The van der Waals surface area contributed by atoms with E-state index in [0.29, 0.717) is 16.6 Å². The van der Waals surface area contributed by atoms with Crippen molar-refractivity contribution in [2.45, 2.75) is 6.10 Å². The van der Waals surface area contributed by atoms with Crippen LogP contribution in [0.5, 0.6) is 0 Å². The van der Waals surface area contributed by atoms with Gasteiger partial charge in [0, 0.05) is 0 Å². The van der Waals surface area contributed by atoms with E-state index in [9.17, 15) is 9.50 Å². The molecule has 92 valence electrons. The first-order valence-corrected chi connectivity index (χ1v) is 5.47. The summed E-state index contributed by atoms with van der Waals surface area (Å²) in [6.07, 6.45) is -0.865. The summed E-state index contributed by atoms with van der Waals surface area (Å²) in [5.74, 6) is -0.357. The van der Waals surface area contributed by atoms with Crippen LogP contribution in [-0.4, -0.2) is 22.3 Å². The van der Waals surface area contributed by atoms with E-state index in [4.69, 9.17) is 10.0 Å². The molecule has 2 aromatic carbocycles. The Balaban J connectivity index is 2.23. The van der Waals surface area contributed by atoms with Gasteiger partial charge in [-0.1, -0.05) is 36.4 Å². The highest BCUT2D eigenvalue weighted by atomic mass is 19.1. The molecule has 0 aliphatic carbocycles. The molecular formula is C13H12BFO3. The largest absolute Gasteiger partial charge is 0.488 e. The van der Waals surface area contributed by atoms with Gasteiger partial charge in [0.1, 0.15) is 11.9 Å². The van der Waals surface area contributed by atoms with Gasteiger partial charge in [0.15, 0.2) is 0 Å². The molecule has 0 spiro atoms. The Labute approximate surface area is 104 Å². The lowest BCUT2D eigenvalue weighted by Crippen LogP contribution is -2.29. The van der Waals surface area contributed by atoms with Crippen molar-refractivity contribution in [1.82, 2.24) is 0 Å². The van der Waals surface area contributed by atoms with Gasteiger partial charge in [0.25, 0.3) is 0 Å². The molecule has 0 aliphatic rings. The lowest BCUT2D eigenvalue weighted by atomic mass is 9.80. The molecule has 0 saturated heterocycles. The summed E-state index contributed by atoms with van der Waals surface area (Å²) in [4.78, 5) is 0. The minimum atomic E-state index is -1.53. The topological polar surface area (TPSA) is 60.7 Å². The van der Waals surface area contributed by atoms with Gasteiger partial charge < -0.3 is 15.2 Å². The van der Waals surface area contributed by atoms with Crippen LogP contribution in [0.15, 0.2) is 48.5 Å². The average Bonchev–Trinajstić information content (AvgIpc) is 2.39. The fourth-order valence-corrected chi connectivity index (χ4v) is 1.69. The third kappa shape index (κ3) is 2.76. The SMILES string of the molecule is OB(O)c1ccc([C@@H](O)c2ccc(F)cc2)cc1. The minimum Gasteiger partial charge on any atom is -0.423 e. The first kappa shape index (κ1) is 12.8. The summed E-state index contributed by atoms with van der Waals surface area (Å²) >= 11 is 0. The summed E-state index contributed by atoms with van der Waals surface area (Å²) in [6, 6.07) is 11.8. The highest BCUT2D eigenvalue weighted by Gasteiger charge is 2.13. The summed E-state index contributed by atoms with van der Waals surface area (Å²) < 4.78 is 12.8. The van der Waals surface area contributed by atoms with Crippen LogP contribution in [0.1, 0.15) is 17.2 Å². The summed E-state index contributed by atoms with van der Waals surface area (Å²) in [7, 11) is -1.53. The van der Waals surface area contributed by atoms with Crippen molar-refractivity contribution < 1.29 is 19.5 Å². The molecule has 0 bridgehead atoms. The Morgan fingerprint density at radius 3 is 1.72 bits per heavy atom. The predicted molar refractivity (Wildman–Crippen MR) is 66.7 cm³/mol. The maximum atomic E-state index is 12.8. The minimum absolute atomic E-state index is 0.352. The quantitative estimate of drug-likeness (QED) is 0.694. The van der Waals surface area contributed by atoms with E-state index in [1.807, 2.05) is 0 Å². The van der Waals surface area contributed by atoms with E-state index in [-0.39, 0.29) is 5.82 Å². The van der Waals surface area contributed by atoms with Gasteiger partial charge in [-0.2, -0.15) is 0 Å². The van der Waals surface area contributed by atoms with Crippen LogP contribution in [0.3, 0.4) is 0 Å². The van der Waals surface area contributed by atoms with E-state index in [1.165, 1.54) is 36.4 Å². The molecule has 0 radical (unpaired) electrons. The molecule has 0 amide bonds. The van der Waals surface area contributed by atoms with Gasteiger partial charge in [-0.25, -0.2) is 4.39 Å².